The van der Waals surface area contributed by atoms with E-state index in [9.17, 15) is 13.2 Å². The minimum absolute atomic E-state index is 0.144. The predicted molar refractivity (Wildman–Crippen MR) is 54.7 cm³/mol. The Morgan fingerprint density at radius 1 is 1.47 bits per heavy atom. The van der Waals surface area contributed by atoms with E-state index in [1.807, 2.05) is 0 Å². The molecular formula is C8H17NO5S. The third-order valence-corrected chi connectivity index (χ3v) is 2.98. The summed E-state index contributed by atoms with van der Waals surface area (Å²) in [6, 6.07) is -0.551. The molecule has 0 amide bonds. The molecule has 0 rings (SSSR count). The molecule has 0 aromatic carbocycles. The van der Waals surface area contributed by atoms with E-state index in [0.29, 0.717) is 6.42 Å². The predicted octanol–water partition coefficient (Wildman–Crippen LogP) is -0.760. The van der Waals surface area contributed by atoms with Gasteiger partial charge in [0.2, 0.25) is 10.0 Å². The highest BCUT2D eigenvalue weighted by molar-refractivity contribution is 7.90. The standard InChI is InChI=1S/C8H17NO5S/c1-3-7(5-10)9-15(12,13)6-8(11)14-4-2/h7,9-10H,3-6H2,1-2H3/t7-/m0/s1. The molecule has 0 radical (unpaired) electrons. The molecule has 7 heteroatoms. The lowest BCUT2D eigenvalue weighted by Gasteiger charge is -2.13. The number of aliphatic hydroxyl groups excluding tert-OH is 1. The van der Waals surface area contributed by atoms with Crippen LogP contribution in [0.3, 0.4) is 0 Å². The Morgan fingerprint density at radius 3 is 2.47 bits per heavy atom. The van der Waals surface area contributed by atoms with Crippen molar-refractivity contribution in [3.05, 3.63) is 0 Å². The van der Waals surface area contributed by atoms with Crippen LogP contribution in [0.5, 0.6) is 0 Å². The van der Waals surface area contributed by atoms with E-state index in [0.717, 1.165) is 0 Å². The Labute approximate surface area is 89.7 Å². The molecular weight excluding hydrogens is 222 g/mol. The molecule has 0 aliphatic heterocycles. The second-order valence-corrected chi connectivity index (χ2v) is 4.72. The van der Waals surface area contributed by atoms with Crippen LogP contribution in [0.4, 0.5) is 0 Å². The van der Waals surface area contributed by atoms with Gasteiger partial charge in [0.15, 0.2) is 5.75 Å². The van der Waals surface area contributed by atoms with Crippen LogP contribution in [0.25, 0.3) is 0 Å². The van der Waals surface area contributed by atoms with Crippen molar-refractivity contribution in [2.75, 3.05) is 19.0 Å². The fraction of sp³-hybridized carbons (Fsp3) is 0.875. The van der Waals surface area contributed by atoms with Crippen LogP contribution in [0, 0.1) is 0 Å². The Morgan fingerprint density at radius 2 is 2.07 bits per heavy atom. The largest absolute Gasteiger partial charge is 0.465 e. The third-order valence-electron chi connectivity index (χ3n) is 1.67. The smallest absolute Gasteiger partial charge is 0.322 e. The minimum atomic E-state index is -3.71. The average molecular weight is 239 g/mol. The van der Waals surface area contributed by atoms with Gasteiger partial charge < -0.3 is 9.84 Å². The van der Waals surface area contributed by atoms with Crippen LogP contribution in [0.2, 0.25) is 0 Å². The zero-order chi connectivity index (χ0) is 11.9. The SMILES string of the molecule is CCOC(=O)CS(=O)(=O)N[C@@H](CC)CO. The quantitative estimate of drug-likeness (QED) is 0.570. The molecule has 6 nitrogen and oxygen atoms in total. The highest BCUT2D eigenvalue weighted by atomic mass is 32.2. The molecule has 1 atom stereocenters. The zero-order valence-electron chi connectivity index (χ0n) is 8.89. The molecule has 90 valence electrons. The van der Waals surface area contributed by atoms with Gasteiger partial charge in [-0.1, -0.05) is 6.92 Å². The number of nitrogens with one attached hydrogen (secondary N) is 1. The van der Waals surface area contributed by atoms with Crippen LogP contribution in [0.15, 0.2) is 0 Å². The zero-order valence-corrected chi connectivity index (χ0v) is 9.71. The molecule has 0 aromatic heterocycles. The lowest BCUT2D eigenvalue weighted by Crippen LogP contribution is -2.40. The summed E-state index contributed by atoms with van der Waals surface area (Å²) in [5, 5.41) is 8.78. The first kappa shape index (κ1) is 14.3. The van der Waals surface area contributed by atoms with Crippen molar-refractivity contribution in [2.24, 2.45) is 0 Å². The molecule has 0 bridgehead atoms. The van der Waals surface area contributed by atoms with Gasteiger partial charge in [-0.3, -0.25) is 4.79 Å². The molecule has 0 aliphatic carbocycles. The van der Waals surface area contributed by atoms with E-state index in [-0.39, 0.29) is 13.2 Å². The number of hydrogen-bond acceptors (Lipinski definition) is 5. The van der Waals surface area contributed by atoms with Crippen molar-refractivity contribution in [1.82, 2.24) is 4.72 Å². The number of esters is 1. The molecule has 0 fully saturated rings. The Balaban J connectivity index is 4.24. The summed E-state index contributed by atoms with van der Waals surface area (Å²) >= 11 is 0. The summed E-state index contributed by atoms with van der Waals surface area (Å²) in [6.45, 7) is 3.18. The summed E-state index contributed by atoms with van der Waals surface area (Å²) < 4.78 is 29.4. The third kappa shape index (κ3) is 6.43. The van der Waals surface area contributed by atoms with Crippen molar-refractivity contribution in [3.8, 4) is 0 Å². The lowest BCUT2D eigenvalue weighted by atomic mass is 10.3. The van der Waals surface area contributed by atoms with E-state index in [1.165, 1.54) is 0 Å². The molecule has 0 unspecified atom stereocenters. The molecule has 0 aliphatic rings. The average Bonchev–Trinajstić information content (AvgIpc) is 2.13. The van der Waals surface area contributed by atoms with Crippen LogP contribution in [-0.4, -0.2) is 44.5 Å². The molecule has 0 aromatic rings. The highest BCUT2D eigenvalue weighted by Gasteiger charge is 2.20. The first-order valence-corrected chi connectivity index (χ1v) is 6.36. The van der Waals surface area contributed by atoms with Crippen molar-refractivity contribution in [1.29, 1.82) is 0 Å². The Kier molecular flexibility index (Phi) is 6.46. The molecule has 0 heterocycles. The molecule has 0 saturated heterocycles. The van der Waals surface area contributed by atoms with Gasteiger partial charge in [-0.2, -0.15) is 0 Å². The van der Waals surface area contributed by atoms with Crippen LogP contribution < -0.4 is 4.72 Å². The second-order valence-electron chi connectivity index (χ2n) is 2.97. The van der Waals surface area contributed by atoms with E-state index in [1.54, 1.807) is 13.8 Å². The van der Waals surface area contributed by atoms with Crippen LogP contribution >= 0.6 is 0 Å². The number of hydrogen-bond donors (Lipinski definition) is 2. The van der Waals surface area contributed by atoms with Gasteiger partial charge in [-0.15, -0.1) is 0 Å². The van der Waals surface area contributed by atoms with E-state index < -0.39 is 27.8 Å². The van der Waals surface area contributed by atoms with Gasteiger partial charge >= 0.3 is 5.97 Å². The van der Waals surface area contributed by atoms with Crippen molar-refractivity contribution >= 4 is 16.0 Å². The molecule has 0 saturated carbocycles. The van der Waals surface area contributed by atoms with Gasteiger partial charge in [0, 0.05) is 6.04 Å². The van der Waals surface area contributed by atoms with Gasteiger partial charge in [-0.05, 0) is 13.3 Å². The van der Waals surface area contributed by atoms with Crippen molar-refractivity contribution in [3.63, 3.8) is 0 Å². The maximum absolute atomic E-state index is 11.3. The molecule has 0 spiro atoms. The number of aliphatic hydroxyl groups is 1. The normalized spacial score (nSPS) is 13.5. The van der Waals surface area contributed by atoms with Gasteiger partial charge in [0.05, 0.1) is 13.2 Å². The minimum Gasteiger partial charge on any atom is -0.465 e. The van der Waals surface area contributed by atoms with E-state index in [2.05, 4.69) is 9.46 Å². The van der Waals surface area contributed by atoms with Crippen LogP contribution in [-0.2, 0) is 19.6 Å². The first-order valence-electron chi connectivity index (χ1n) is 4.71. The Hall–Kier alpha value is -0.660. The van der Waals surface area contributed by atoms with Gasteiger partial charge in [0.25, 0.3) is 0 Å². The van der Waals surface area contributed by atoms with E-state index >= 15 is 0 Å². The molecule has 15 heavy (non-hydrogen) atoms. The summed E-state index contributed by atoms with van der Waals surface area (Å²) in [4.78, 5) is 10.9. The lowest BCUT2D eigenvalue weighted by molar-refractivity contribution is -0.139. The second kappa shape index (κ2) is 6.76. The van der Waals surface area contributed by atoms with Gasteiger partial charge in [0.1, 0.15) is 0 Å². The number of sulfonamides is 1. The summed E-state index contributed by atoms with van der Waals surface area (Å²) in [5.74, 6) is -1.50. The summed E-state index contributed by atoms with van der Waals surface area (Å²) in [5.41, 5.74) is 0. The number of ether oxygens (including phenoxy) is 1. The highest BCUT2D eigenvalue weighted by Crippen LogP contribution is 1.95. The number of rotatable bonds is 7. The maximum Gasteiger partial charge on any atom is 0.322 e. The van der Waals surface area contributed by atoms with E-state index in [4.69, 9.17) is 5.11 Å². The van der Waals surface area contributed by atoms with Crippen molar-refractivity contribution in [2.45, 2.75) is 26.3 Å². The van der Waals surface area contributed by atoms with Crippen molar-refractivity contribution < 1.29 is 23.1 Å². The van der Waals surface area contributed by atoms with Crippen LogP contribution in [0.1, 0.15) is 20.3 Å². The monoisotopic (exact) mass is 239 g/mol. The topological polar surface area (TPSA) is 92.7 Å². The van der Waals surface area contributed by atoms with Gasteiger partial charge in [-0.25, -0.2) is 13.1 Å². The molecule has 2 N–H and O–H groups in total. The summed E-state index contributed by atoms with van der Waals surface area (Å²) in [7, 11) is -3.71. The Bertz CT molecular complexity index is 283. The first-order chi connectivity index (χ1) is 6.95. The fourth-order valence-electron chi connectivity index (χ4n) is 0.903. The number of carbonyl (C=O) groups excluding carboxylic acids is 1. The number of carbonyl (C=O) groups is 1. The summed E-state index contributed by atoms with van der Waals surface area (Å²) in [6.07, 6.45) is 0.457. The maximum atomic E-state index is 11.3. The fourth-order valence-corrected chi connectivity index (χ4v) is 2.13.